The molecule has 1 aromatic carbocycles. The summed E-state index contributed by atoms with van der Waals surface area (Å²) in [7, 11) is 0. The Hall–Kier alpha value is -1.84. The van der Waals surface area contributed by atoms with Gasteiger partial charge in [-0.2, -0.15) is 0 Å². The molecule has 1 unspecified atom stereocenters. The third kappa shape index (κ3) is 4.73. The van der Waals surface area contributed by atoms with Gasteiger partial charge in [0.1, 0.15) is 5.92 Å². The summed E-state index contributed by atoms with van der Waals surface area (Å²) in [5, 5.41) is 5.60. The van der Waals surface area contributed by atoms with Gasteiger partial charge in [0.25, 0.3) is 0 Å². The largest absolute Gasteiger partial charge is 0.351 e. The minimum absolute atomic E-state index is 0.250. The summed E-state index contributed by atoms with van der Waals surface area (Å²) >= 11 is 0. The summed E-state index contributed by atoms with van der Waals surface area (Å²) in [6.07, 6.45) is 0.811. The van der Waals surface area contributed by atoms with Crippen molar-refractivity contribution >= 4 is 17.5 Å². The van der Waals surface area contributed by atoms with Crippen LogP contribution in [0.3, 0.4) is 0 Å². The van der Waals surface area contributed by atoms with Gasteiger partial charge in [0, 0.05) is 11.2 Å². The maximum atomic E-state index is 12.0. The first kappa shape index (κ1) is 15.2. The van der Waals surface area contributed by atoms with E-state index in [1.54, 1.807) is 19.1 Å². The minimum Gasteiger partial charge on any atom is -0.351 e. The van der Waals surface area contributed by atoms with Crippen molar-refractivity contribution in [2.75, 3.05) is 5.32 Å². The molecule has 0 bridgehead atoms. The van der Waals surface area contributed by atoms with Crippen molar-refractivity contribution in [2.24, 2.45) is 5.92 Å². The highest BCUT2D eigenvalue weighted by atomic mass is 16.2. The van der Waals surface area contributed by atoms with Crippen LogP contribution in [0.15, 0.2) is 30.3 Å². The van der Waals surface area contributed by atoms with Crippen molar-refractivity contribution in [3.05, 3.63) is 30.3 Å². The average molecular weight is 262 g/mol. The lowest BCUT2D eigenvalue weighted by Gasteiger charge is -2.26. The number of para-hydroxylation sites is 1. The highest BCUT2D eigenvalue weighted by molar-refractivity contribution is 6.06. The number of anilines is 1. The Balaban J connectivity index is 2.60. The van der Waals surface area contributed by atoms with Gasteiger partial charge in [0.05, 0.1) is 0 Å². The lowest BCUT2D eigenvalue weighted by molar-refractivity contribution is -0.132. The van der Waals surface area contributed by atoms with Crippen LogP contribution >= 0.6 is 0 Å². The molecule has 104 valence electrons. The molecule has 1 rings (SSSR count). The van der Waals surface area contributed by atoms with Gasteiger partial charge in [-0.3, -0.25) is 9.59 Å². The molecule has 1 aromatic rings. The highest BCUT2D eigenvalue weighted by Crippen LogP contribution is 2.11. The molecule has 4 nitrogen and oxygen atoms in total. The second-order valence-electron chi connectivity index (χ2n) is 5.30. The quantitative estimate of drug-likeness (QED) is 0.801. The van der Waals surface area contributed by atoms with E-state index < -0.39 is 5.92 Å². The van der Waals surface area contributed by atoms with Crippen molar-refractivity contribution in [1.29, 1.82) is 0 Å². The first-order chi connectivity index (χ1) is 8.85. The van der Waals surface area contributed by atoms with E-state index in [1.165, 1.54) is 0 Å². The van der Waals surface area contributed by atoms with Crippen LogP contribution in [0.4, 0.5) is 5.69 Å². The van der Waals surface area contributed by atoms with E-state index in [0.29, 0.717) is 5.69 Å². The Bertz CT molecular complexity index is 441. The maximum Gasteiger partial charge on any atom is 0.236 e. The van der Waals surface area contributed by atoms with Gasteiger partial charge in [-0.1, -0.05) is 25.1 Å². The van der Waals surface area contributed by atoms with Crippen LogP contribution in [0.5, 0.6) is 0 Å². The summed E-state index contributed by atoms with van der Waals surface area (Å²) < 4.78 is 0. The lowest BCUT2D eigenvalue weighted by atomic mass is 10.00. The number of rotatable bonds is 5. The molecule has 2 amide bonds. The van der Waals surface area contributed by atoms with Crippen LogP contribution < -0.4 is 10.6 Å². The number of hydrogen-bond donors (Lipinski definition) is 2. The number of amides is 2. The van der Waals surface area contributed by atoms with E-state index in [9.17, 15) is 9.59 Å². The fourth-order valence-electron chi connectivity index (χ4n) is 1.42. The zero-order chi connectivity index (χ0) is 14.5. The average Bonchev–Trinajstić information content (AvgIpc) is 2.38. The summed E-state index contributed by atoms with van der Waals surface area (Å²) in [5.74, 6) is -1.26. The molecule has 0 spiro atoms. The van der Waals surface area contributed by atoms with Crippen molar-refractivity contribution in [2.45, 2.75) is 39.7 Å². The number of hydrogen-bond acceptors (Lipinski definition) is 2. The van der Waals surface area contributed by atoms with E-state index in [2.05, 4.69) is 10.6 Å². The van der Waals surface area contributed by atoms with E-state index in [0.717, 1.165) is 6.42 Å². The van der Waals surface area contributed by atoms with Gasteiger partial charge in [-0.05, 0) is 39.3 Å². The van der Waals surface area contributed by atoms with Crippen molar-refractivity contribution in [3.63, 3.8) is 0 Å². The third-order valence-corrected chi connectivity index (χ3v) is 3.17. The molecule has 19 heavy (non-hydrogen) atoms. The van der Waals surface area contributed by atoms with Gasteiger partial charge in [0.2, 0.25) is 11.8 Å². The zero-order valence-corrected chi connectivity index (χ0v) is 12.0. The molecular weight excluding hydrogens is 240 g/mol. The predicted octanol–water partition coefficient (Wildman–Crippen LogP) is 2.57. The van der Waals surface area contributed by atoms with E-state index >= 15 is 0 Å². The summed E-state index contributed by atoms with van der Waals surface area (Å²) in [5.41, 5.74) is 0.403. The predicted molar refractivity (Wildman–Crippen MR) is 76.7 cm³/mol. The van der Waals surface area contributed by atoms with Gasteiger partial charge in [-0.15, -0.1) is 0 Å². The van der Waals surface area contributed by atoms with Crippen molar-refractivity contribution in [1.82, 2.24) is 5.32 Å². The summed E-state index contributed by atoms with van der Waals surface area (Å²) in [6.45, 7) is 7.48. The Kier molecular flexibility index (Phi) is 5.10. The molecule has 4 heteroatoms. The lowest BCUT2D eigenvalue weighted by Crippen LogP contribution is -2.47. The van der Waals surface area contributed by atoms with Crippen LogP contribution in [0, 0.1) is 5.92 Å². The molecule has 0 radical (unpaired) electrons. The van der Waals surface area contributed by atoms with Gasteiger partial charge < -0.3 is 10.6 Å². The summed E-state index contributed by atoms with van der Waals surface area (Å²) in [4.78, 5) is 23.9. The van der Waals surface area contributed by atoms with E-state index in [1.807, 2.05) is 39.0 Å². The number of nitrogens with one attached hydrogen (secondary N) is 2. The van der Waals surface area contributed by atoms with Gasteiger partial charge in [-0.25, -0.2) is 0 Å². The molecular formula is C15H22N2O2. The normalized spacial score (nSPS) is 12.6. The first-order valence-corrected chi connectivity index (χ1v) is 6.53. The van der Waals surface area contributed by atoms with Gasteiger partial charge >= 0.3 is 0 Å². The van der Waals surface area contributed by atoms with Crippen LogP contribution in [-0.2, 0) is 9.59 Å². The van der Waals surface area contributed by atoms with E-state index in [4.69, 9.17) is 0 Å². The summed E-state index contributed by atoms with van der Waals surface area (Å²) in [6, 6.07) is 9.12. The Morgan fingerprint density at radius 2 is 1.74 bits per heavy atom. The zero-order valence-electron chi connectivity index (χ0n) is 12.0. The maximum absolute atomic E-state index is 12.0. The second kappa shape index (κ2) is 6.36. The van der Waals surface area contributed by atoms with E-state index in [-0.39, 0.29) is 17.4 Å². The molecule has 0 fully saturated rings. The van der Waals surface area contributed by atoms with Crippen molar-refractivity contribution < 1.29 is 9.59 Å². The Morgan fingerprint density at radius 3 is 2.26 bits per heavy atom. The Morgan fingerprint density at radius 1 is 1.16 bits per heavy atom. The molecule has 0 aliphatic heterocycles. The molecule has 0 aliphatic carbocycles. The number of benzene rings is 1. The Labute approximate surface area is 114 Å². The molecule has 0 heterocycles. The second-order valence-corrected chi connectivity index (χ2v) is 5.30. The fraction of sp³-hybridized carbons (Fsp3) is 0.467. The number of carbonyl (C=O) groups excluding carboxylic acids is 2. The van der Waals surface area contributed by atoms with Crippen LogP contribution in [0.25, 0.3) is 0 Å². The number of carbonyl (C=O) groups is 2. The molecule has 0 saturated heterocycles. The minimum atomic E-state index is -0.717. The van der Waals surface area contributed by atoms with Crippen LogP contribution in [-0.4, -0.2) is 17.4 Å². The highest BCUT2D eigenvalue weighted by Gasteiger charge is 2.26. The van der Waals surface area contributed by atoms with Gasteiger partial charge in [0.15, 0.2) is 0 Å². The molecule has 1 atom stereocenters. The SMILES string of the molecule is CCC(C)(C)NC(=O)C(C)C(=O)Nc1ccccc1. The first-order valence-electron chi connectivity index (χ1n) is 6.53. The molecule has 0 saturated carbocycles. The smallest absolute Gasteiger partial charge is 0.236 e. The third-order valence-electron chi connectivity index (χ3n) is 3.17. The molecule has 0 aromatic heterocycles. The van der Waals surface area contributed by atoms with Crippen molar-refractivity contribution in [3.8, 4) is 0 Å². The topological polar surface area (TPSA) is 58.2 Å². The van der Waals surface area contributed by atoms with Crippen LogP contribution in [0.2, 0.25) is 0 Å². The standard InChI is InChI=1S/C15H22N2O2/c1-5-15(3,4)17-14(19)11(2)13(18)16-12-9-7-6-8-10-12/h6-11H,5H2,1-4H3,(H,16,18)(H,17,19). The van der Waals surface area contributed by atoms with Crippen LogP contribution in [0.1, 0.15) is 34.1 Å². The fourth-order valence-corrected chi connectivity index (χ4v) is 1.42. The monoisotopic (exact) mass is 262 g/mol. The molecule has 0 aliphatic rings. The molecule has 2 N–H and O–H groups in total.